The van der Waals surface area contributed by atoms with E-state index in [1.165, 1.54) is 11.1 Å². The summed E-state index contributed by atoms with van der Waals surface area (Å²) in [6.07, 6.45) is 2.31. The number of aryl methyl sites for hydroxylation is 1. The van der Waals surface area contributed by atoms with Crippen LogP contribution in [0.25, 0.3) is 0 Å². The molecule has 0 aromatic heterocycles. The zero-order valence-electron chi connectivity index (χ0n) is 12.1. The molecule has 0 spiro atoms. The first-order chi connectivity index (χ1) is 9.68. The van der Waals surface area contributed by atoms with Gasteiger partial charge in [0.2, 0.25) is 0 Å². The topological polar surface area (TPSA) is 23.5 Å². The first-order valence-corrected chi connectivity index (χ1v) is 7.26. The number of phenols is 1. The van der Waals surface area contributed by atoms with Crippen LogP contribution >= 0.6 is 0 Å². The van der Waals surface area contributed by atoms with Gasteiger partial charge in [-0.1, -0.05) is 42.5 Å². The van der Waals surface area contributed by atoms with Gasteiger partial charge in [-0.25, -0.2) is 0 Å². The van der Waals surface area contributed by atoms with Crippen LogP contribution in [0.15, 0.2) is 48.5 Å². The van der Waals surface area contributed by atoms with Crippen molar-refractivity contribution in [2.24, 2.45) is 0 Å². The number of para-hydroxylation sites is 1. The molecule has 1 aliphatic carbocycles. The van der Waals surface area contributed by atoms with Gasteiger partial charge in [-0.3, -0.25) is 4.90 Å². The van der Waals surface area contributed by atoms with E-state index in [9.17, 15) is 5.11 Å². The summed E-state index contributed by atoms with van der Waals surface area (Å²) < 4.78 is 0. The zero-order chi connectivity index (χ0) is 14.1. The van der Waals surface area contributed by atoms with Gasteiger partial charge in [0.05, 0.1) is 0 Å². The van der Waals surface area contributed by atoms with Crippen LogP contribution in [0, 0.1) is 0 Å². The Balaban J connectivity index is 1.87. The van der Waals surface area contributed by atoms with Crippen molar-refractivity contribution in [3.05, 3.63) is 65.2 Å². The standard InChI is InChI=1S/C18H21NO/c1-13(15-8-5-6-10-18(15)20)19(2)17-12-11-14-7-3-4-9-16(14)17/h3-10,13,17,20H,11-12H2,1-2H3. The van der Waals surface area contributed by atoms with Crippen molar-refractivity contribution in [1.29, 1.82) is 0 Å². The van der Waals surface area contributed by atoms with Crippen molar-refractivity contribution in [3.8, 4) is 5.75 Å². The molecule has 0 amide bonds. The fraction of sp³-hybridized carbons (Fsp3) is 0.333. The summed E-state index contributed by atoms with van der Waals surface area (Å²) in [5.41, 5.74) is 3.91. The molecule has 2 nitrogen and oxygen atoms in total. The summed E-state index contributed by atoms with van der Waals surface area (Å²) in [5, 5.41) is 10.0. The van der Waals surface area contributed by atoms with Gasteiger partial charge in [0.1, 0.15) is 5.75 Å². The molecule has 20 heavy (non-hydrogen) atoms. The Morgan fingerprint density at radius 2 is 1.80 bits per heavy atom. The SMILES string of the molecule is CC(c1ccccc1O)N(C)C1CCc2ccccc21. The van der Waals surface area contributed by atoms with Crippen LogP contribution in [0.4, 0.5) is 0 Å². The van der Waals surface area contributed by atoms with Crippen molar-refractivity contribution in [2.75, 3.05) is 7.05 Å². The Morgan fingerprint density at radius 1 is 1.10 bits per heavy atom. The molecule has 3 rings (SSSR count). The Labute approximate surface area is 120 Å². The molecular weight excluding hydrogens is 246 g/mol. The fourth-order valence-electron chi connectivity index (χ4n) is 3.29. The predicted octanol–water partition coefficient (Wildman–Crippen LogP) is 4.07. The first kappa shape index (κ1) is 13.2. The minimum absolute atomic E-state index is 0.201. The molecule has 0 fully saturated rings. The normalized spacial score (nSPS) is 19.1. The second-order valence-corrected chi connectivity index (χ2v) is 5.65. The second kappa shape index (κ2) is 5.29. The summed E-state index contributed by atoms with van der Waals surface area (Å²) in [7, 11) is 2.16. The van der Waals surface area contributed by atoms with Crippen LogP contribution < -0.4 is 0 Å². The van der Waals surface area contributed by atoms with Crippen molar-refractivity contribution in [3.63, 3.8) is 0 Å². The molecule has 0 aliphatic heterocycles. The summed E-state index contributed by atoms with van der Waals surface area (Å²) in [6.45, 7) is 2.16. The van der Waals surface area contributed by atoms with Crippen LogP contribution in [0.3, 0.4) is 0 Å². The Bertz CT molecular complexity index is 608. The van der Waals surface area contributed by atoms with E-state index in [1.807, 2.05) is 18.2 Å². The number of nitrogens with zero attached hydrogens (tertiary/aromatic N) is 1. The lowest BCUT2D eigenvalue weighted by atomic mass is 10.0. The van der Waals surface area contributed by atoms with Gasteiger partial charge >= 0.3 is 0 Å². The quantitative estimate of drug-likeness (QED) is 0.906. The largest absolute Gasteiger partial charge is 0.508 e. The molecular formula is C18H21NO. The van der Waals surface area contributed by atoms with E-state index in [4.69, 9.17) is 0 Å². The minimum Gasteiger partial charge on any atom is -0.508 e. The number of benzene rings is 2. The van der Waals surface area contributed by atoms with Crippen molar-refractivity contribution < 1.29 is 5.11 Å². The Morgan fingerprint density at radius 3 is 2.60 bits per heavy atom. The van der Waals surface area contributed by atoms with E-state index in [2.05, 4.69) is 43.1 Å². The van der Waals surface area contributed by atoms with Gasteiger partial charge in [-0.05, 0) is 44.0 Å². The van der Waals surface area contributed by atoms with Crippen LogP contribution in [0.1, 0.15) is 42.1 Å². The molecule has 2 aromatic carbocycles. The third-order valence-electron chi connectivity index (χ3n) is 4.59. The monoisotopic (exact) mass is 267 g/mol. The van der Waals surface area contributed by atoms with Crippen molar-refractivity contribution in [1.82, 2.24) is 4.90 Å². The molecule has 1 aliphatic rings. The van der Waals surface area contributed by atoms with E-state index >= 15 is 0 Å². The third-order valence-corrected chi connectivity index (χ3v) is 4.59. The number of hydrogen-bond donors (Lipinski definition) is 1. The molecule has 0 radical (unpaired) electrons. The van der Waals surface area contributed by atoms with Crippen LogP contribution in [0.5, 0.6) is 5.75 Å². The van der Waals surface area contributed by atoms with E-state index in [-0.39, 0.29) is 6.04 Å². The molecule has 2 aromatic rings. The van der Waals surface area contributed by atoms with Gasteiger partial charge < -0.3 is 5.11 Å². The third kappa shape index (κ3) is 2.20. The molecule has 2 unspecified atom stereocenters. The summed E-state index contributed by atoms with van der Waals surface area (Å²) in [4.78, 5) is 2.38. The molecule has 104 valence electrons. The molecule has 0 saturated heterocycles. The van der Waals surface area contributed by atoms with E-state index in [1.54, 1.807) is 6.07 Å². The Kier molecular flexibility index (Phi) is 3.49. The van der Waals surface area contributed by atoms with Gasteiger partial charge in [0.25, 0.3) is 0 Å². The Hall–Kier alpha value is -1.80. The maximum absolute atomic E-state index is 10.0. The van der Waals surface area contributed by atoms with E-state index < -0.39 is 0 Å². The highest BCUT2D eigenvalue weighted by Crippen LogP contribution is 2.40. The molecule has 0 bridgehead atoms. The molecule has 2 heteroatoms. The van der Waals surface area contributed by atoms with Crippen LogP contribution in [-0.4, -0.2) is 17.1 Å². The molecule has 0 heterocycles. The number of fused-ring (bicyclic) bond motifs is 1. The average molecular weight is 267 g/mol. The van der Waals surface area contributed by atoms with E-state index in [0.29, 0.717) is 11.8 Å². The van der Waals surface area contributed by atoms with Crippen LogP contribution in [-0.2, 0) is 6.42 Å². The smallest absolute Gasteiger partial charge is 0.120 e. The highest BCUT2D eigenvalue weighted by Gasteiger charge is 2.29. The van der Waals surface area contributed by atoms with Gasteiger partial charge in [0.15, 0.2) is 0 Å². The first-order valence-electron chi connectivity index (χ1n) is 7.26. The van der Waals surface area contributed by atoms with E-state index in [0.717, 1.165) is 18.4 Å². The summed E-state index contributed by atoms with van der Waals surface area (Å²) in [6, 6.07) is 17.0. The number of phenolic OH excluding ortho intramolecular Hbond substituents is 1. The van der Waals surface area contributed by atoms with Gasteiger partial charge in [-0.2, -0.15) is 0 Å². The fourth-order valence-corrected chi connectivity index (χ4v) is 3.29. The molecule has 2 atom stereocenters. The highest BCUT2D eigenvalue weighted by molar-refractivity contribution is 5.37. The number of hydrogen-bond acceptors (Lipinski definition) is 2. The highest BCUT2D eigenvalue weighted by atomic mass is 16.3. The van der Waals surface area contributed by atoms with Crippen molar-refractivity contribution in [2.45, 2.75) is 31.8 Å². The molecule has 1 N–H and O–H groups in total. The maximum Gasteiger partial charge on any atom is 0.120 e. The summed E-state index contributed by atoms with van der Waals surface area (Å²) in [5.74, 6) is 0.387. The maximum atomic E-state index is 10.0. The zero-order valence-corrected chi connectivity index (χ0v) is 12.1. The van der Waals surface area contributed by atoms with Gasteiger partial charge in [0, 0.05) is 17.6 Å². The molecule has 0 saturated carbocycles. The van der Waals surface area contributed by atoms with Crippen molar-refractivity contribution >= 4 is 0 Å². The minimum atomic E-state index is 0.201. The number of aromatic hydroxyl groups is 1. The van der Waals surface area contributed by atoms with Gasteiger partial charge in [-0.15, -0.1) is 0 Å². The van der Waals surface area contributed by atoms with Crippen LogP contribution in [0.2, 0.25) is 0 Å². The lowest BCUT2D eigenvalue weighted by molar-refractivity contribution is 0.182. The predicted molar refractivity (Wildman–Crippen MR) is 81.8 cm³/mol. The lowest BCUT2D eigenvalue weighted by Crippen LogP contribution is -2.26. The average Bonchev–Trinajstić information content (AvgIpc) is 2.90. The summed E-state index contributed by atoms with van der Waals surface area (Å²) >= 11 is 0. The second-order valence-electron chi connectivity index (χ2n) is 5.65. The lowest BCUT2D eigenvalue weighted by Gasteiger charge is -2.32. The number of rotatable bonds is 3.